The van der Waals surface area contributed by atoms with Gasteiger partial charge in [0.05, 0.1) is 5.75 Å². The zero-order valence-electron chi connectivity index (χ0n) is 14.8. The topological polar surface area (TPSA) is 69.0 Å². The van der Waals surface area contributed by atoms with Crippen LogP contribution in [-0.2, 0) is 18.4 Å². The molecule has 0 saturated heterocycles. The molecule has 1 saturated carbocycles. The maximum absolute atomic E-state index is 12.9. The van der Waals surface area contributed by atoms with E-state index in [9.17, 15) is 9.18 Å². The number of carbonyl (C=O) groups is 1. The minimum atomic E-state index is -0.304. The molecule has 2 aromatic rings. The molecular formula is C18H23FN4O2S. The van der Waals surface area contributed by atoms with Crippen LogP contribution in [0.1, 0.15) is 37.9 Å². The van der Waals surface area contributed by atoms with E-state index in [1.54, 1.807) is 12.1 Å². The Kier molecular flexibility index (Phi) is 6.49. The largest absolute Gasteiger partial charge is 0.486 e. The van der Waals surface area contributed by atoms with Gasteiger partial charge in [-0.3, -0.25) is 4.79 Å². The van der Waals surface area contributed by atoms with E-state index >= 15 is 0 Å². The van der Waals surface area contributed by atoms with Gasteiger partial charge in [-0.05, 0) is 37.1 Å². The van der Waals surface area contributed by atoms with E-state index in [2.05, 4.69) is 15.5 Å². The van der Waals surface area contributed by atoms with E-state index in [1.165, 1.54) is 43.2 Å². The second-order valence-electron chi connectivity index (χ2n) is 6.39. The highest BCUT2D eigenvalue weighted by Gasteiger charge is 2.17. The van der Waals surface area contributed by atoms with Gasteiger partial charge in [0.2, 0.25) is 5.91 Å². The normalized spacial score (nSPS) is 15.0. The molecule has 1 aliphatic carbocycles. The first-order valence-electron chi connectivity index (χ1n) is 8.80. The van der Waals surface area contributed by atoms with Crippen LogP contribution in [0.25, 0.3) is 0 Å². The number of halogens is 1. The van der Waals surface area contributed by atoms with Crippen LogP contribution in [0.15, 0.2) is 29.4 Å². The number of ether oxygens (including phenoxy) is 1. The number of carbonyl (C=O) groups excluding carboxylic acids is 1. The molecule has 0 unspecified atom stereocenters. The van der Waals surface area contributed by atoms with Crippen molar-refractivity contribution in [2.75, 3.05) is 5.75 Å². The Morgan fingerprint density at radius 2 is 2.00 bits per heavy atom. The number of hydrogen-bond donors (Lipinski definition) is 1. The van der Waals surface area contributed by atoms with Crippen molar-refractivity contribution in [3.8, 4) is 5.75 Å². The molecule has 1 aliphatic rings. The number of rotatable bonds is 7. The van der Waals surface area contributed by atoms with Crippen molar-refractivity contribution in [2.24, 2.45) is 7.05 Å². The van der Waals surface area contributed by atoms with Crippen molar-refractivity contribution < 1.29 is 13.9 Å². The monoisotopic (exact) mass is 378 g/mol. The highest BCUT2D eigenvalue weighted by molar-refractivity contribution is 7.99. The van der Waals surface area contributed by atoms with Crippen LogP contribution >= 0.6 is 11.8 Å². The fourth-order valence-corrected chi connectivity index (χ4v) is 3.66. The van der Waals surface area contributed by atoms with Crippen molar-refractivity contribution in [3.63, 3.8) is 0 Å². The Morgan fingerprint density at radius 1 is 1.27 bits per heavy atom. The van der Waals surface area contributed by atoms with Crippen LogP contribution in [0.3, 0.4) is 0 Å². The number of nitrogens with one attached hydrogen (secondary N) is 1. The Labute approximate surface area is 156 Å². The van der Waals surface area contributed by atoms with E-state index in [4.69, 9.17) is 4.74 Å². The van der Waals surface area contributed by atoms with Gasteiger partial charge in [-0.25, -0.2) is 4.39 Å². The van der Waals surface area contributed by atoms with Crippen LogP contribution in [-0.4, -0.2) is 32.5 Å². The van der Waals surface area contributed by atoms with Crippen molar-refractivity contribution in [3.05, 3.63) is 35.9 Å². The Balaban J connectivity index is 1.47. The highest BCUT2D eigenvalue weighted by Crippen LogP contribution is 2.19. The average molecular weight is 378 g/mol. The quantitative estimate of drug-likeness (QED) is 0.750. The molecule has 140 valence electrons. The van der Waals surface area contributed by atoms with Crippen molar-refractivity contribution >= 4 is 17.7 Å². The van der Waals surface area contributed by atoms with Gasteiger partial charge < -0.3 is 14.6 Å². The molecule has 1 amide bonds. The Hall–Kier alpha value is -2.09. The summed E-state index contributed by atoms with van der Waals surface area (Å²) in [7, 11) is 1.84. The summed E-state index contributed by atoms with van der Waals surface area (Å²) < 4.78 is 20.3. The molecule has 1 N–H and O–H groups in total. The third-order valence-electron chi connectivity index (χ3n) is 4.41. The highest BCUT2D eigenvalue weighted by atomic mass is 32.2. The first-order chi connectivity index (χ1) is 12.6. The lowest BCUT2D eigenvalue weighted by molar-refractivity contribution is -0.119. The molecule has 0 radical (unpaired) electrons. The number of nitrogens with zero attached hydrogens (tertiary/aromatic N) is 3. The summed E-state index contributed by atoms with van der Waals surface area (Å²) in [6.45, 7) is 0.226. The number of aromatic nitrogens is 3. The predicted molar refractivity (Wildman–Crippen MR) is 97.5 cm³/mol. The fraction of sp³-hybridized carbons (Fsp3) is 0.500. The third kappa shape index (κ3) is 5.20. The first-order valence-corrected chi connectivity index (χ1v) is 9.79. The smallest absolute Gasteiger partial charge is 0.230 e. The maximum Gasteiger partial charge on any atom is 0.230 e. The fourth-order valence-electron chi connectivity index (χ4n) is 2.92. The molecule has 0 bridgehead atoms. The molecular weight excluding hydrogens is 355 g/mol. The number of thioether (sulfide) groups is 1. The van der Waals surface area contributed by atoms with E-state index in [-0.39, 0.29) is 18.3 Å². The van der Waals surface area contributed by atoms with Crippen molar-refractivity contribution in [2.45, 2.75) is 49.9 Å². The maximum atomic E-state index is 12.9. The number of amides is 1. The van der Waals surface area contributed by atoms with Gasteiger partial charge in [-0.1, -0.05) is 31.0 Å². The Bertz CT molecular complexity index is 729. The molecule has 26 heavy (non-hydrogen) atoms. The second-order valence-corrected chi connectivity index (χ2v) is 7.33. The molecule has 8 heteroatoms. The van der Waals surface area contributed by atoms with Gasteiger partial charge in [0.1, 0.15) is 18.2 Å². The van der Waals surface area contributed by atoms with Crippen LogP contribution in [0.4, 0.5) is 4.39 Å². The summed E-state index contributed by atoms with van der Waals surface area (Å²) in [5.74, 6) is 1.26. The second kappa shape index (κ2) is 9.02. The van der Waals surface area contributed by atoms with E-state index in [0.717, 1.165) is 12.8 Å². The van der Waals surface area contributed by atoms with E-state index in [0.29, 0.717) is 28.5 Å². The van der Waals surface area contributed by atoms with Gasteiger partial charge in [0.25, 0.3) is 0 Å². The summed E-state index contributed by atoms with van der Waals surface area (Å²) >= 11 is 1.36. The minimum Gasteiger partial charge on any atom is -0.486 e. The molecule has 3 rings (SSSR count). The minimum absolute atomic E-state index is 0.0361. The average Bonchev–Trinajstić information content (AvgIpc) is 3.00. The van der Waals surface area contributed by atoms with Gasteiger partial charge in [0.15, 0.2) is 11.0 Å². The zero-order valence-corrected chi connectivity index (χ0v) is 15.6. The van der Waals surface area contributed by atoms with E-state index in [1.807, 2.05) is 11.6 Å². The lowest BCUT2D eigenvalue weighted by atomic mass is 9.95. The molecule has 0 aliphatic heterocycles. The predicted octanol–water partition coefficient (Wildman–Crippen LogP) is 3.07. The summed E-state index contributed by atoms with van der Waals surface area (Å²) in [5, 5.41) is 12.0. The molecule has 6 nitrogen and oxygen atoms in total. The number of hydrogen-bond acceptors (Lipinski definition) is 5. The molecule has 1 fully saturated rings. The van der Waals surface area contributed by atoms with E-state index < -0.39 is 0 Å². The SMILES string of the molecule is Cn1c(COc2ccc(F)cc2)nnc1SCC(=O)NC1CCCCC1. The number of benzene rings is 1. The first kappa shape index (κ1) is 18.7. The molecule has 0 atom stereocenters. The molecule has 1 aromatic heterocycles. The Morgan fingerprint density at radius 3 is 2.73 bits per heavy atom. The van der Waals surface area contributed by atoms with Crippen LogP contribution in [0.5, 0.6) is 5.75 Å². The summed E-state index contributed by atoms with van der Waals surface area (Å²) in [6, 6.07) is 6.14. The standard InChI is InChI=1S/C18H23FN4O2S/c1-23-16(11-25-15-9-7-13(19)8-10-15)21-22-18(23)26-12-17(24)20-14-5-3-2-4-6-14/h7-10,14H,2-6,11-12H2,1H3,(H,20,24). The van der Waals surface area contributed by atoms with Crippen LogP contribution < -0.4 is 10.1 Å². The van der Waals surface area contributed by atoms with Gasteiger partial charge in [-0.2, -0.15) is 0 Å². The lowest BCUT2D eigenvalue weighted by Crippen LogP contribution is -2.37. The van der Waals surface area contributed by atoms with Crippen LogP contribution in [0.2, 0.25) is 0 Å². The molecule has 1 aromatic carbocycles. The lowest BCUT2D eigenvalue weighted by Gasteiger charge is -2.22. The molecule has 1 heterocycles. The van der Waals surface area contributed by atoms with Crippen LogP contribution in [0, 0.1) is 5.82 Å². The van der Waals surface area contributed by atoms with Gasteiger partial charge in [-0.15, -0.1) is 10.2 Å². The summed E-state index contributed by atoms with van der Waals surface area (Å²) in [4.78, 5) is 12.1. The van der Waals surface area contributed by atoms with Gasteiger partial charge in [0, 0.05) is 13.1 Å². The van der Waals surface area contributed by atoms with Crippen molar-refractivity contribution in [1.29, 1.82) is 0 Å². The zero-order chi connectivity index (χ0) is 18.4. The van der Waals surface area contributed by atoms with Gasteiger partial charge >= 0.3 is 0 Å². The summed E-state index contributed by atoms with van der Waals surface area (Å²) in [5.41, 5.74) is 0. The van der Waals surface area contributed by atoms with Crippen molar-refractivity contribution in [1.82, 2.24) is 20.1 Å². The summed E-state index contributed by atoms with van der Waals surface area (Å²) in [6.07, 6.45) is 5.80. The third-order valence-corrected chi connectivity index (χ3v) is 5.43. The molecule has 0 spiro atoms.